The molecule has 27 heavy (non-hydrogen) atoms. The van der Waals surface area contributed by atoms with Gasteiger partial charge in [0.2, 0.25) is 0 Å². The second kappa shape index (κ2) is 8.79. The van der Waals surface area contributed by atoms with Crippen LogP contribution in [0, 0.1) is 5.92 Å². The number of carbonyl (C=O) groups excluding carboxylic acids is 1. The van der Waals surface area contributed by atoms with Crippen LogP contribution < -0.4 is 16.3 Å². The molecule has 0 aliphatic carbocycles. The van der Waals surface area contributed by atoms with E-state index >= 15 is 0 Å². The van der Waals surface area contributed by atoms with Gasteiger partial charge in [0.15, 0.2) is 0 Å². The van der Waals surface area contributed by atoms with Gasteiger partial charge in [0.1, 0.15) is 11.8 Å². The molecule has 1 saturated heterocycles. The van der Waals surface area contributed by atoms with Crippen molar-refractivity contribution in [2.24, 2.45) is 11.0 Å². The highest BCUT2D eigenvalue weighted by molar-refractivity contribution is 5.85. The molecule has 2 aromatic rings. The van der Waals surface area contributed by atoms with Crippen molar-refractivity contribution in [3.63, 3.8) is 0 Å². The Balaban J connectivity index is 1.52. The predicted molar refractivity (Wildman–Crippen MR) is 106 cm³/mol. The van der Waals surface area contributed by atoms with Crippen LogP contribution in [-0.4, -0.2) is 23.3 Å². The van der Waals surface area contributed by atoms with E-state index in [0.29, 0.717) is 17.9 Å². The van der Waals surface area contributed by atoms with Gasteiger partial charge in [-0.1, -0.05) is 50.2 Å². The summed E-state index contributed by atoms with van der Waals surface area (Å²) in [4.78, 5) is 12.3. The van der Waals surface area contributed by atoms with Crippen LogP contribution in [-0.2, 0) is 11.2 Å². The maximum Gasteiger partial charge on any atom is 0.258 e. The zero-order valence-corrected chi connectivity index (χ0v) is 15.6. The number of hydrazone groups is 1. The summed E-state index contributed by atoms with van der Waals surface area (Å²) in [6.07, 6.45) is 3.22. The molecule has 2 aromatic carbocycles. The van der Waals surface area contributed by atoms with Gasteiger partial charge in [-0.2, -0.15) is 5.10 Å². The van der Waals surface area contributed by atoms with E-state index in [1.165, 1.54) is 11.8 Å². The molecule has 2 atom stereocenters. The van der Waals surface area contributed by atoms with Crippen molar-refractivity contribution in [2.45, 2.75) is 38.8 Å². The lowest BCUT2D eigenvalue weighted by molar-refractivity contribution is -0.122. The minimum absolute atomic E-state index is 0.0869. The predicted octanol–water partition coefficient (Wildman–Crippen LogP) is 2.65. The smallest absolute Gasteiger partial charge is 0.258 e. The summed E-state index contributed by atoms with van der Waals surface area (Å²) in [7, 11) is 0. The molecule has 0 aromatic heterocycles. The molecule has 1 amide bonds. The van der Waals surface area contributed by atoms with Crippen LogP contribution in [0.15, 0.2) is 53.6 Å². The Kier molecular flexibility index (Phi) is 6.21. The van der Waals surface area contributed by atoms with Crippen molar-refractivity contribution in [1.82, 2.24) is 16.3 Å². The fourth-order valence-electron chi connectivity index (χ4n) is 3.16. The molecule has 1 aliphatic rings. The molecule has 3 rings (SSSR count). The Labute approximate surface area is 159 Å². The number of rotatable bonds is 6. The molecule has 0 bridgehead atoms. The number of benzene rings is 2. The van der Waals surface area contributed by atoms with Gasteiger partial charge in [0, 0.05) is 6.04 Å². The topological polar surface area (TPSA) is 85.8 Å². The molecule has 1 heterocycles. The van der Waals surface area contributed by atoms with E-state index in [-0.39, 0.29) is 23.7 Å². The number of phenolic OH excluding ortho intramolecular Hbond substituents is 1. The van der Waals surface area contributed by atoms with E-state index in [1.807, 2.05) is 0 Å². The van der Waals surface area contributed by atoms with Crippen LogP contribution in [0.1, 0.15) is 43.0 Å². The summed E-state index contributed by atoms with van der Waals surface area (Å²) in [6.45, 7) is 4.42. The second-order valence-corrected chi connectivity index (χ2v) is 7.30. The summed E-state index contributed by atoms with van der Waals surface area (Å²) in [5.41, 5.74) is 12.0. The Morgan fingerprint density at radius 3 is 2.74 bits per heavy atom. The molecule has 142 valence electrons. The van der Waals surface area contributed by atoms with Crippen molar-refractivity contribution in [1.29, 1.82) is 0 Å². The van der Waals surface area contributed by atoms with Gasteiger partial charge in [-0.15, -0.1) is 0 Å². The first-order chi connectivity index (χ1) is 13.0. The number of amides is 1. The zero-order chi connectivity index (χ0) is 19.2. The average molecular weight is 366 g/mol. The van der Waals surface area contributed by atoms with Crippen LogP contribution in [0.25, 0.3) is 0 Å². The summed E-state index contributed by atoms with van der Waals surface area (Å²) < 4.78 is 0. The zero-order valence-electron chi connectivity index (χ0n) is 15.6. The SMILES string of the molecule is CC(C)Cc1ccc(C2CC(C(=O)N/N=C\c3cccc(O)c3)NN2)cc1. The van der Waals surface area contributed by atoms with E-state index < -0.39 is 0 Å². The fraction of sp³-hybridized carbons (Fsp3) is 0.333. The number of hydrogen-bond donors (Lipinski definition) is 4. The number of carbonyl (C=O) groups is 1. The highest BCUT2D eigenvalue weighted by atomic mass is 16.3. The Morgan fingerprint density at radius 1 is 1.26 bits per heavy atom. The standard InChI is InChI=1S/C21H26N4O2/c1-14(2)10-15-6-8-17(9-7-15)19-12-20(24-23-19)21(27)25-22-13-16-4-3-5-18(26)11-16/h3-9,11,13-14,19-20,23-24,26H,10,12H2,1-2H3,(H,25,27)/b22-13-. The first kappa shape index (κ1) is 19.1. The van der Waals surface area contributed by atoms with Crippen molar-refractivity contribution in [3.8, 4) is 5.75 Å². The minimum Gasteiger partial charge on any atom is -0.508 e. The summed E-state index contributed by atoms with van der Waals surface area (Å²) in [5.74, 6) is 0.600. The lowest BCUT2D eigenvalue weighted by atomic mass is 9.97. The minimum atomic E-state index is -0.355. The third-order valence-electron chi connectivity index (χ3n) is 4.50. The molecule has 6 nitrogen and oxygen atoms in total. The summed E-state index contributed by atoms with van der Waals surface area (Å²) in [5, 5.41) is 13.4. The lowest BCUT2D eigenvalue weighted by Crippen LogP contribution is -2.41. The van der Waals surface area contributed by atoms with E-state index in [9.17, 15) is 9.90 Å². The third-order valence-corrected chi connectivity index (χ3v) is 4.50. The summed E-state index contributed by atoms with van der Waals surface area (Å²) in [6, 6.07) is 15.0. The monoisotopic (exact) mass is 366 g/mol. The van der Waals surface area contributed by atoms with Crippen LogP contribution in [0.5, 0.6) is 5.75 Å². The Hall–Kier alpha value is -2.70. The molecule has 0 spiro atoms. The van der Waals surface area contributed by atoms with E-state index in [1.54, 1.807) is 24.3 Å². The van der Waals surface area contributed by atoms with Crippen molar-refractivity contribution in [3.05, 3.63) is 65.2 Å². The molecule has 6 heteroatoms. The van der Waals surface area contributed by atoms with Crippen LogP contribution in [0.3, 0.4) is 0 Å². The van der Waals surface area contributed by atoms with Gasteiger partial charge in [-0.05, 0) is 47.6 Å². The van der Waals surface area contributed by atoms with E-state index in [2.05, 4.69) is 59.5 Å². The largest absolute Gasteiger partial charge is 0.508 e. The first-order valence-corrected chi connectivity index (χ1v) is 9.23. The van der Waals surface area contributed by atoms with E-state index in [0.717, 1.165) is 12.0 Å². The number of phenols is 1. The lowest BCUT2D eigenvalue weighted by Gasteiger charge is -2.11. The van der Waals surface area contributed by atoms with Crippen LogP contribution >= 0.6 is 0 Å². The van der Waals surface area contributed by atoms with Gasteiger partial charge in [-0.25, -0.2) is 16.3 Å². The molecule has 0 saturated carbocycles. The first-order valence-electron chi connectivity index (χ1n) is 9.23. The maximum absolute atomic E-state index is 12.3. The number of hydrazine groups is 1. The molecular formula is C21H26N4O2. The molecule has 2 unspecified atom stereocenters. The Bertz CT molecular complexity index is 802. The van der Waals surface area contributed by atoms with Crippen molar-refractivity contribution in [2.75, 3.05) is 0 Å². The van der Waals surface area contributed by atoms with Gasteiger partial charge in [0.05, 0.1) is 6.21 Å². The number of hydrogen-bond acceptors (Lipinski definition) is 5. The third kappa shape index (κ3) is 5.39. The van der Waals surface area contributed by atoms with Crippen molar-refractivity contribution < 1.29 is 9.90 Å². The average Bonchev–Trinajstić information content (AvgIpc) is 3.12. The van der Waals surface area contributed by atoms with Gasteiger partial charge >= 0.3 is 0 Å². The molecule has 1 aliphatic heterocycles. The summed E-state index contributed by atoms with van der Waals surface area (Å²) >= 11 is 0. The quantitative estimate of drug-likeness (QED) is 0.468. The number of nitrogens with zero attached hydrogens (tertiary/aromatic N) is 1. The van der Waals surface area contributed by atoms with Crippen LogP contribution in [0.4, 0.5) is 0 Å². The van der Waals surface area contributed by atoms with Gasteiger partial charge < -0.3 is 5.11 Å². The molecule has 1 fully saturated rings. The van der Waals surface area contributed by atoms with Crippen molar-refractivity contribution >= 4 is 12.1 Å². The highest BCUT2D eigenvalue weighted by Crippen LogP contribution is 2.23. The van der Waals surface area contributed by atoms with Gasteiger partial charge in [-0.3, -0.25) is 4.79 Å². The second-order valence-electron chi connectivity index (χ2n) is 7.30. The van der Waals surface area contributed by atoms with Gasteiger partial charge in [0.25, 0.3) is 5.91 Å². The number of aromatic hydroxyl groups is 1. The molecule has 4 N–H and O–H groups in total. The normalized spacial score (nSPS) is 19.7. The van der Waals surface area contributed by atoms with E-state index in [4.69, 9.17) is 0 Å². The highest BCUT2D eigenvalue weighted by Gasteiger charge is 2.29. The molecular weight excluding hydrogens is 340 g/mol. The maximum atomic E-state index is 12.3. The van der Waals surface area contributed by atoms with Crippen LogP contribution in [0.2, 0.25) is 0 Å². The molecule has 0 radical (unpaired) electrons. The fourth-order valence-corrected chi connectivity index (χ4v) is 3.16. The number of nitrogens with one attached hydrogen (secondary N) is 3. The Morgan fingerprint density at radius 2 is 2.04 bits per heavy atom.